The molecular formula is C14H16N2. The molecule has 0 amide bonds. The zero-order valence-corrected chi connectivity index (χ0v) is 9.35. The molecule has 0 saturated heterocycles. The number of hydrogen-bond acceptors (Lipinski definition) is 2. The molecule has 1 atom stereocenters. The van der Waals surface area contributed by atoms with Gasteiger partial charge >= 0.3 is 0 Å². The summed E-state index contributed by atoms with van der Waals surface area (Å²) in [6.07, 6.45) is 0. The third-order valence-corrected chi connectivity index (χ3v) is 2.68. The lowest BCUT2D eigenvalue weighted by Gasteiger charge is -2.07. The van der Waals surface area contributed by atoms with Crippen LogP contribution in [0.25, 0.3) is 11.1 Å². The smallest absolute Gasteiger partial charge is 0.0314 e. The molecule has 0 heterocycles. The molecule has 0 aliphatic heterocycles. The van der Waals surface area contributed by atoms with E-state index in [1.165, 1.54) is 11.1 Å². The number of nitrogens with two attached hydrogens (primary N) is 2. The normalized spacial score (nSPS) is 12.4. The van der Waals surface area contributed by atoms with Gasteiger partial charge in [0.1, 0.15) is 0 Å². The predicted molar refractivity (Wildman–Crippen MR) is 68.9 cm³/mol. The van der Waals surface area contributed by atoms with Gasteiger partial charge in [-0.05, 0) is 35.7 Å². The van der Waals surface area contributed by atoms with Gasteiger partial charge in [0.2, 0.25) is 0 Å². The first-order valence-corrected chi connectivity index (χ1v) is 5.38. The van der Waals surface area contributed by atoms with Gasteiger partial charge in [-0.3, -0.25) is 0 Å². The zero-order valence-electron chi connectivity index (χ0n) is 9.35. The minimum atomic E-state index is 0.0838. The summed E-state index contributed by atoms with van der Waals surface area (Å²) in [5.74, 6) is 0. The Kier molecular flexibility index (Phi) is 2.93. The molecule has 0 unspecified atom stereocenters. The van der Waals surface area contributed by atoms with Gasteiger partial charge in [0.25, 0.3) is 0 Å². The summed E-state index contributed by atoms with van der Waals surface area (Å²) in [5.41, 5.74) is 15.8. The van der Waals surface area contributed by atoms with Crippen LogP contribution in [0.1, 0.15) is 18.5 Å². The standard InChI is InChI=1S/C14H16N2/c1-10(15)11-2-4-12(5-3-11)13-6-8-14(16)9-7-13/h2-10H,15-16H2,1H3/t10-/m0/s1. The largest absolute Gasteiger partial charge is 0.399 e. The highest BCUT2D eigenvalue weighted by molar-refractivity contribution is 5.65. The molecule has 82 valence electrons. The lowest BCUT2D eigenvalue weighted by Crippen LogP contribution is -2.04. The second-order valence-corrected chi connectivity index (χ2v) is 4.03. The van der Waals surface area contributed by atoms with Gasteiger partial charge in [0.05, 0.1) is 0 Å². The number of nitrogen functional groups attached to an aromatic ring is 1. The first-order valence-electron chi connectivity index (χ1n) is 5.38. The van der Waals surface area contributed by atoms with E-state index in [0.717, 1.165) is 11.3 Å². The van der Waals surface area contributed by atoms with E-state index < -0.39 is 0 Å². The van der Waals surface area contributed by atoms with Crippen LogP contribution in [0.2, 0.25) is 0 Å². The number of hydrogen-bond donors (Lipinski definition) is 2. The van der Waals surface area contributed by atoms with Gasteiger partial charge in [0, 0.05) is 11.7 Å². The Bertz CT molecular complexity index is 455. The van der Waals surface area contributed by atoms with E-state index in [0.29, 0.717) is 0 Å². The Morgan fingerprint density at radius 1 is 0.812 bits per heavy atom. The Labute approximate surface area is 95.9 Å². The lowest BCUT2D eigenvalue weighted by molar-refractivity contribution is 0.818. The maximum absolute atomic E-state index is 5.81. The van der Waals surface area contributed by atoms with Crippen molar-refractivity contribution in [2.45, 2.75) is 13.0 Å². The molecule has 0 saturated carbocycles. The third kappa shape index (κ3) is 2.23. The van der Waals surface area contributed by atoms with E-state index >= 15 is 0 Å². The van der Waals surface area contributed by atoms with E-state index in [2.05, 4.69) is 24.3 Å². The lowest BCUT2D eigenvalue weighted by atomic mass is 10.0. The monoisotopic (exact) mass is 212 g/mol. The second kappa shape index (κ2) is 4.37. The van der Waals surface area contributed by atoms with Crippen LogP contribution in [0.15, 0.2) is 48.5 Å². The highest BCUT2D eigenvalue weighted by Gasteiger charge is 2.00. The summed E-state index contributed by atoms with van der Waals surface area (Å²) in [7, 11) is 0. The van der Waals surface area contributed by atoms with Crippen LogP contribution in [0, 0.1) is 0 Å². The molecular weight excluding hydrogens is 196 g/mol. The Balaban J connectivity index is 2.31. The van der Waals surface area contributed by atoms with Crippen LogP contribution in [0.5, 0.6) is 0 Å². The van der Waals surface area contributed by atoms with Crippen molar-refractivity contribution < 1.29 is 0 Å². The van der Waals surface area contributed by atoms with Gasteiger partial charge in [-0.25, -0.2) is 0 Å². The second-order valence-electron chi connectivity index (χ2n) is 4.03. The van der Waals surface area contributed by atoms with Gasteiger partial charge in [-0.15, -0.1) is 0 Å². The highest BCUT2D eigenvalue weighted by Crippen LogP contribution is 2.22. The van der Waals surface area contributed by atoms with E-state index in [4.69, 9.17) is 11.5 Å². The van der Waals surface area contributed by atoms with Crippen LogP contribution in [-0.4, -0.2) is 0 Å². The fourth-order valence-corrected chi connectivity index (χ4v) is 1.65. The van der Waals surface area contributed by atoms with E-state index in [-0.39, 0.29) is 6.04 Å². The Morgan fingerprint density at radius 2 is 1.25 bits per heavy atom. The molecule has 0 aliphatic rings. The molecule has 4 N–H and O–H groups in total. The molecule has 0 fully saturated rings. The maximum Gasteiger partial charge on any atom is 0.0314 e. The van der Waals surface area contributed by atoms with Crippen molar-refractivity contribution in [2.75, 3.05) is 5.73 Å². The Morgan fingerprint density at radius 3 is 1.69 bits per heavy atom. The molecule has 16 heavy (non-hydrogen) atoms. The van der Waals surface area contributed by atoms with Crippen LogP contribution < -0.4 is 11.5 Å². The van der Waals surface area contributed by atoms with E-state index in [1.807, 2.05) is 31.2 Å². The molecule has 2 nitrogen and oxygen atoms in total. The van der Waals surface area contributed by atoms with Gasteiger partial charge in [0.15, 0.2) is 0 Å². The summed E-state index contributed by atoms with van der Waals surface area (Å²) in [5, 5.41) is 0. The molecule has 2 heteroatoms. The van der Waals surface area contributed by atoms with Crippen LogP contribution in [0.3, 0.4) is 0 Å². The molecule has 2 aromatic rings. The third-order valence-electron chi connectivity index (χ3n) is 2.68. The molecule has 2 aromatic carbocycles. The van der Waals surface area contributed by atoms with Crippen molar-refractivity contribution in [2.24, 2.45) is 5.73 Å². The average molecular weight is 212 g/mol. The summed E-state index contributed by atoms with van der Waals surface area (Å²) in [4.78, 5) is 0. The van der Waals surface area contributed by atoms with Crippen molar-refractivity contribution in [3.63, 3.8) is 0 Å². The number of rotatable bonds is 2. The van der Waals surface area contributed by atoms with Crippen LogP contribution >= 0.6 is 0 Å². The topological polar surface area (TPSA) is 52.0 Å². The molecule has 2 rings (SSSR count). The quantitative estimate of drug-likeness (QED) is 0.752. The van der Waals surface area contributed by atoms with Crippen LogP contribution in [-0.2, 0) is 0 Å². The Hall–Kier alpha value is -1.80. The fraction of sp³-hybridized carbons (Fsp3) is 0.143. The van der Waals surface area contributed by atoms with Crippen molar-refractivity contribution in [3.05, 3.63) is 54.1 Å². The van der Waals surface area contributed by atoms with Crippen molar-refractivity contribution in [1.82, 2.24) is 0 Å². The highest BCUT2D eigenvalue weighted by atomic mass is 14.6. The average Bonchev–Trinajstić information content (AvgIpc) is 2.30. The summed E-state index contributed by atoms with van der Waals surface area (Å²) in [6, 6.07) is 16.3. The van der Waals surface area contributed by atoms with Gasteiger partial charge < -0.3 is 11.5 Å². The predicted octanol–water partition coefficient (Wildman–Crippen LogP) is 2.96. The number of anilines is 1. The fourth-order valence-electron chi connectivity index (χ4n) is 1.65. The minimum Gasteiger partial charge on any atom is -0.399 e. The molecule has 0 aromatic heterocycles. The molecule has 0 spiro atoms. The van der Waals surface area contributed by atoms with Crippen molar-refractivity contribution >= 4 is 5.69 Å². The van der Waals surface area contributed by atoms with E-state index in [9.17, 15) is 0 Å². The molecule has 0 bridgehead atoms. The summed E-state index contributed by atoms with van der Waals surface area (Å²) in [6.45, 7) is 1.98. The SMILES string of the molecule is C[C@H](N)c1ccc(-c2ccc(N)cc2)cc1. The minimum absolute atomic E-state index is 0.0838. The number of benzene rings is 2. The first kappa shape index (κ1) is 10.7. The van der Waals surface area contributed by atoms with E-state index in [1.54, 1.807) is 0 Å². The van der Waals surface area contributed by atoms with Gasteiger partial charge in [-0.1, -0.05) is 36.4 Å². The molecule has 0 aliphatic carbocycles. The van der Waals surface area contributed by atoms with Crippen molar-refractivity contribution in [1.29, 1.82) is 0 Å². The van der Waals surface area contributed by atoms with Gasteiger partial charge in [-0.2, -0.15) is 0 Å². The summed E-state index contributed by atoms with van der Waals surface area (Å²) < 4.78 is 0. The first-order chi connectivity index (χ1) is 7.66. The maximum atomic E-state index is 5.81. The summed E-state index contributed by atoms with van der Waals surface area (Å²) >= 11 is 0. The zero-order chi connectivity index (χ0) is 11.5. The van der Waals surface area contributed by atoms with Crippen molar-refractivity contribution in [3.8, 4) is 11.1 Å². The molecule has 0 radical (unpaired) electrons. The van der Waals surface area contributed by atoms with Crippen LogP contribution in [0.4, 0.5) is 5.69 Å².